The van der Waals surface area contributed by atoms with Gasteiger partial charge in [-0.15, -0.1) is 0 Å². The van der Waals surface area contributed by atoms with Gasteiger partial charge in [0.25, 0.3) is 0 Å². The monoisotopic (exact) mass is 305 g/mol. The fourth-order valence-electron chi connectivity index (χ4n) is 3.75. The van der Waals surface area contributed by atoms with E-state index in [1.54, 1.807) is 6.07 Å². The van der Waals surface area contributed by atoms with Gasteiger partial charge in [0.1, 0.15) is 0 Å². The van der Waals surface area contributed by atoms with Crippen molar-refractivity contribution in [1.29, 1.82) is 0 Å². The Labute approximate surface area is 132 Å². The number of benzene rings is 1. The molecule has 0 aliphatic heterocycles. The van der Waals surface area contributed by atoms with E-state index < -0.39 is 0 Å². The van der Waals surface area contributed by atoms with Gasteiger partial charge >= 0.3 is 0 Å². The molecule has 1 aromatic rings. The summed E-state index contributed by atoms with van der Waals surface area (Å²) in [6.07, 6.45) is 4.06. The van der Waals surface area contributed by atoms with Gasteiger partial charge in [-0.05, 0) is 48.3 Å². The van der Waals surface area contributed by atoms with E-state index in [4.69, 9.17) is 0 Å². The minimum absolute atomic E-state index is 0.0541. The van der Waals surface area contributed by atoms with Crippen molar-refractivity contribution in [2.45, 2.75) is 46.5 Å². The highest BCUT2D eigenvalue weighted by Gasteiger charge is 2.41. The van der Waals surface area contributed by atoms with Gasteiger partial charge in [-0.1, -0.05) is 33.3 Å². The minimum atomic E-state index is -0.120. The molecule has 0 radical (unpaired) electrons. The normalized spacial score (nSPS) is 24.0. The number of hydrogen-bond donors (Lipinski definition) is 3. The molecule has 0 heterocycles. The molecular weight excluding hydrogens is 278 g/mol. The van der Waals surface area contributed by atoms with Crippen LogP contribution in [0.25, 0.3) is 0 Å². The van der Waals surface area contributed by atoms with E-state index in [0.29, 0.717) is 18.9 Å². The Hall–Kier alpha value is -1.71. The molecule has 0 aromatic heterocycles. The maximum Gasteiger partial charge on any atom is 0.223 e. The van der Waals surface area contributed by atoms with Gasteiger partial charge in [0, 0.05) is 12.5 Å². The van der Waals surface area contributed by atoms with Crippen molar-refractivity contribution in [2.24, 2.45) is 17.3 Å². The number of amides is 1. The zero-order valence-electron chi connectivity index (χ0n) is 13.7. The lowest BCUT2D eigenvalue weighted by molar-refractivity contribution is -0.132. The molecule has 0 spiro atoms. The maximum atomic E-state index is 12.5. The summed E-state index contributed by atoms with van der Waals surface area (Å²) in [4.78, 5) is 12.5. The summed E-state index contributed by atoms with van der Waals surface area (Å²) in [5.74, 6) is 0.382. The SMILES string of the molecule is C[C@H]1CCCC(C)(C)C1C(=O)NCCc1ccc(O)c(O)c1. The summed E-state index contributed by atoms with van der Waals surface area (Å²) in [6.45, 7) is 7.08. The first-order valence-corrected chi connectivity index (χ1v) is 8.10. The van der Waals surface area contributed by atoms with E-state index in [1.807, 2.05) is 0 Å². The van der Waals surface area contributed by atoms with Crippen LogP contribution in [0.15, 0.2) is 18.2 Å². The summed E-state index contributed by atoms with van der Waals surface area (Å²) >= 11 is 0. The lowest BCUT2D eigenvalue weighted by atomic mass is 9.64. The molecule has 4 heteroatoms. The molecule has 1 aliphatic rings. The lowest BCUT2D eigenvalue weighted by Crippen LogP contribution is -2.45. The largest absolute Gasteiger partial charge is 0.504 e. The van der Waals surface area contributed by atoms with Crippen LogP contribution in [0, 0.1) is 17.3 Å². The van der Waals surface area contributed by atoms with Crippen molar-refractivity contribution >= 4 is 5.91 Å². The van der Waals surface area contributed by atoms with E-state index in [9.17, 15) is 15.0 Å². The third kappa shape index (κ3) is 3.73. The Morgan fingerprint density at radius 1 is 1.32 bits per heavy atom. The Balaban J connectivity index is 1.90. The molecule has 1 fully saturated rings. The topological polar surface area (TPSA) is 69.6 Å². The first-order valence-electron chi connectivity index (χ1n) is 8.10. The fourth-order valence-corrected chi connectivity index (χ4v) is 3.75. The zero-order chi connectivity index (χ0) is 16.3. The van der Waals surface area contributed by atoms with Gasteiger partial charge in [-0.2, -0.15) is 0 Å². The van der Waals surface area contributed by atoms with E-state index in [2.05, 4.69) is 26.1 Å². The second-order valence-corrected chi connectivity index (χ2v) is 7.20. The third-order valence-corrected chi connectivity index (χ3v) is 4.93. The summed E-state index contributed by atoms with van der Waals surface area (Å²) in [6, 6.07) is 4.77. The summed E-state index contributed by atoms with van der Waals surface area (Å²) < 4.78 is 0. The van der Waals surface area contributed by atoms with Crippen LogP contribution in [0.4, 0.5) is 0 Å². The van der Waals surface area contributed by atoms with Gasteiger partial charge in [0.15, 0.2) is 11.5 Å². The van der Waals surface area contributed by atoms with Crippen LogP contribution < -0.4 is 5.32 Å². The molecule has 1 aromatic carbocycles. The van der Waals surface area contributed by atoms with Crippen LogP contribution in [0.1, 0.15) is 45.6 Å². The minimum Gasteiger partial charge on any atom is -0.504 e. The smallest absolute Gasteiger partial charge is 0.223 e. The molecule has 3 N–H and O–H groups in total. The highest BCUT2D eigenvalue weighted by atomic mass is 16.3. The average molecular weight is 305 g/mol. The Bertz CT molecular complexity index is 539. The van der Waals surface area contributed by atoms with Crippen LogP contribution >= 0.6 is 0 Å². The van der Waals surface area contributed by atoms with Crippen LogP contribution in [0.5, 0.6) is 11.5 Å². The van der Waals surface area contributed by atoms with Gasteiger partial charge in [0.05, 0.1) is 0 Å². The molecule has 2 atom stereocenters. The molecule has 1 amide bonds. The summed E-state index contributed by atoms with van der Waals surface area (Å²) in [7, 11) is 0. The molecule has 22 heavy (non-hydrogen) atoms. The van der Waals surface area contributed by atoms with Crippen molar-refractivity contribution in [3.8, 4) is 11.5 Å². The van der Waals surface area contributed by atoms with E-state index >= 15 is 0 Å². The van der Waals surface area contributed by atoms with E-state index in [1.165, 1.54) is 18.6 Å². The van der Waals surface area contributed by atoms with Crippen molar-refractivity contribution in [3.05, 3.63) is 23.8 Å². The number of phenolic OH excluding ortho intramolecular Hbond substituents is 2. The Kier molecular flexibility index (Phi) is 4.99. The average Bonchev–Trinajstić information content (AvgIpc) is 2.41. The van der Waals surface area contributed by atoms with Crippen molar-refractivity contribution in [3.63, 3.8) is 0 Å². The molecule has 0 saturated heterocycles. The predicted molar refractivity (Wildman–Crippen MR) is 86.8 cm³/mol. The van der Waals surface area contributed by atoms with Gasteiger partial charge in [-0.3, -0.25) is 4.79 Å². The number of rotatable bonds is 4. The highest BCUT2D eigenvalue weighted by Crippen LogP contribution is 2.43. The first kappa shape index (κ1) is 16.7. The number of hydrogen-bond acceptors (Lipinski definition) is 3. The lowest BCUT2D eigenvalue weighted by Gasteiger charge is -2.41. The second kappa shape index (κ2) is 6.59. The van der Waals surface area contributed by atoms with E-state index in [0.717, 1.165) is 18.4 Å². The number of carbonyl (C=O) groups is 1. The predicted octanol–water partition coefficient (Wildman–Crippen LogP) is 3.22. The van der Waals surface area contributed by atoms with E-state index in [-0.39, 0.29) is 28.7 Å². The number of carbonyl (C=O) groups excluding carboxylic acids is 1. The Morgan fingerprint density at radius 2 is 2.05 bits per heavy atom. The number of phenols is 2. The molecule has 4 nitrogen and oxygen atoms in total. The molecule has 1 unspecified atom stereocenters. The second-order valence-electron chi connectivity index (χ2n) is 7.20. The molecule has 1 saturated carbocycles. The van der Waals surface area contributed by atoms with Gasteiger partial charge < -0.3 is 15.5 Å². The number of nitrogens with one attached hydrogen (secondary N) is 1. The number of aromatic hydroxyl groups is 2. The molecule has 2 rings (SSSR count). The highest BCUT2D eigenvalue weighted by molar-refractivity contribution is 5.79. The van der Waals surface area contributed by atoms with Crippen LogP contribution in [0.2, 0.25) is 0 Å². The molecular formula is C18H27NO3. The van der Waals surface area contributed by atoms with Crippen LogP contribution in [-0.4, -0.2) is 22.7 Å². The van der Waals surface area contributed by atoms with Gasteiger partial charge in [0.2, 0.25) is 5.91 Å². The Morgan fingerprint density at radius 3 is 2.68 bits per heavy atom. The van der Waals surface area contributed by atoms with Crippen molar-refractivity contribution < 1.29 is 15.0 Å². The maximum absolute atomic E-state index is 12.5. The molecule has 0 bridgehead atoms. The van der Waals surface area contributed by atoms with Crippen LogP contribution in [0.3, 0.4) is 0 Å². The van der Waals surface area contributed by atoms with Crippen molar-refractivity contribution in [1.82, 2.24) is 5.32 Å². The fraction of sp³-hybridized carbons (Fsp3) is 0.611. The molecule has 122 valence electrons. The van der Waals surface area contributed by atoms with Crippen molar-refractivity contribution in [2.75, 3.05) is 6.54 Å². The summed E-state index contributed by atoms with van der Waals surface area (Å²) in [5.41, 5.74) is 0.949. The zero-order valence-corrected chi connectivity index (χ0v) is 13.7. The standard InChI is InChI=1S/C18H27NO3/c1-12-5-4-9-18(2,3)16(12)17(22)19-10-8-13-6-7-14(20)15(21)11-13/h6-7,11-12,16,20-21H,4-5,8-10H2,1-3H3,(H,19,22)/t12-,16?/m0/s1. The quantitative estimate of drug-likeness (QED) is 0.748. The summed E-state index contributed by atoms with van der Waals surface area (Å²) in [5, 5.41) is 21.8. The third-order valence-electron chi connectivity index (χ3n) is 4.93. The first-order chi connectivity index (χ1) is 10.3. The van der Waals surface area contributed by atoms with Crippen LogP contribution in [-0.2, 0) is 11.2 Å². The molecule has 1 aliphatic carbocycles. The van der Waals surface area contributed by atoms with Gasteiger partial charge in [-0.25, -0.2) is 0 Å².